The summed E-state index contributed by atoms with van der Waals surface area (Å²) in [5.41, 5.74) is 0. The molecule has 8 heteroatoms. The average molecular weight is 319 g/mol. The van der Waals surface area contributed by atoms with Crippen LogP contribution in [0.15, 0.2) is 12.4 Å². The Balaban J connectivity index is 1.82. The minimum atomic E-state index is 0.132. The minimum Gasteiger partial charge on any atom is -0.395 e. The third kappa shape index (κ3) is 3.28. The van der Waals surface area contributed by atoms with Crippen molar-refractivity contribution in [1.82, 2.24) is 34.7 Å². The van der Waals surface area contributed by atoms with Crippen molar-refractivity contribution >= 4 is 0 Å². The van der Waals surface area contributed by atoms with E-state index in [4.69, 9.17) is 0 Å². The van der Waals surface area contributed by atoms with Crippen LogP contribution in [0.25, 0.3) is 0 Å². The lowest BCUT2D eigenvalue weighted by Gasteiger charge is -2.28. The summed E-state index contributed by atoms with van der Waals surface area (Å²) in [5.74, 6) is 1.89. The van der Waals surface area contributed by atoms with Gasteiger partial charge in [-0.25, -0.2) is 9.67 Å². The Hall–Kier alpha value is -1.80. The van der Waals surface area contributed by atoms with Crippen LogP contribution in [0.4, 0.5) is 0 Å². The molecule has 0 amide bonds. The van der Waals surface area contributed by atoms with Gasteiger partial charge in [-0.3, -0.25) is 4.90 Å². The van der Waals surface area contributed by atoms with Gasteiger partial charge in [-0.1, -0.05) is 13.3 Å². The van der Waals surface area contributed by atoms with Crippen molar-refractivity contribution < 1.29 is 5.11 Å². The molecule has 3 heterocycles. The number of rotatable bonds is 7. The molecule has 2 aromatic heterocycles. The molecular weight excluding hydrogens is 294 g/mol. The number of tetrazole rings is 1. The van der Waals surface area contributed by atoms with E-state index in [0.29, 0.717) is 6.54 Å². The predicted octanol–water partition coefficient (Wildman–Crippen LogP) is 0.905. The van der Waals surface area contributed by atoms with Crippen molar-refractivity contribution in [2.75, 3.05) is 6.61 Å². The Morgan fingerprint density at radius 2 is 2.22 bits per heavy atom. The lowest BCUT2D eigenvalue weighted by atomic mass is 10.2. The first-order chi connectivity index (χ1) is 11.2. The molecule has 126 valence electrons. The summed E-state index contributed by atoms with van der Waals surface area (Å²) in [4.78, 5) is 6.71. The summed E-state index contributed by atoms with van der Waals surface area (Å²) in [5, 5.41) is 22.0. The number of aryl methyl sites for hydroxylation is 2. The van der Waals surface area contributed by atoms with Crippen LogP contribution in [-0.2, 0) is 20.1 Å². The van der Waals surface area contributed by atoms with Crippen LogP contribution >= 0.6 is 0 Å². The Morgan fingerprint density at radius 3 is 2.91 bits per heavy atom. The van der Waals surface area contributed by atoms with Crippen LogP contribution in [0.1, 0.15) is 50.3 Å². The molecule has 0 bridgehead atoms. The number of imidazole rings is 1. The SMILES string of the molecule is CCCCn1nnnc1[C@@H]1CC[C@@H](CO)N1Cc1nccn1C. The van der Waals surface area contributed by atoms with Crippen molar-refractivity contribution in [3.63, 3.8) is 0 Å². The van der Waals surface area contributed by atoms with E-state index >= 15 is 0 Å². The topological polar surface area (TPSA) is 84.9 Å². The van der Waals surface area contributed by atoms with E-state index in [1.807, 2.05) is 22.5 Å². The first-order valence-corrected chi connectivity index (χ1v) is 8.33. The fourth-order valence-electron chi connectivity index (χ4n) is 3.28. The summed E-state index contributed by atoms with van der Waals surface area (Å²) in [6, 6.07) is 0.267. The number of aromatic nitrogens is 6. The summed E-state index contributed by atoms with van der Waals surface area (Å²) in [7, 11) is 1.99. The average Bonchev–Trinajstić information content (AvgIpc) is 3.26. The van der Waals surface area contributed by atoms with E-state index in [-0.39, 0.29) is 18.7 Å². The Labute approximate surface area is 136 Å². The van der Waals surface area contributed by atoms with Gasteiger partial charge in [-0.15, -0.1) is 5.10 Å². The predicted molar refractivity (Wildman–Crippen MR) is 84.3 cm³/mol. The van der Waals surface area contributed by atoms with Gasteiger partial charge in [0.05, 0.1) is 19.2 Å². The maximum Gasteiger partial charge on any atom is 0.168 e. The molecule has 0 radical (unpaired) electrons. The molecule has 3 rings (SSSR count). The quantitative estimate of drug-likeness (QED) is 0.816. The third-order valence-corrected chi connectivity index (χ3v) is 4.68. The molecule has 23 heavy (non-hydrogen) atoms. The number of aliphatic hydroxyl groups excluding tert-OH is 1. The molecule has 0 unspecified atom stereocenters. The van der Waals surface area contributed by atoms with Gasteiger partial charge >= 0.3 is 0 Å². The molecule has 0 aliphatic carbocycles. The second-order valence-corrected chi connectivity index (χ2v) is 6.17. The standard InChI is InChI=1S/C15H25N7O/c1-3-4-8-22-15(17-18-19-22)13-6-5-12(11-23)21(13)10-14-16-7-9-20(14)2/h7,9,12-13,23H,3-6,8,10-11H2,1-2H3/t12-,13-/m0/s1. The van der Waals surface area contributed by atoms with Gasteiger partial charge < -0.3 is 9.67 Å². The largest absolute Gasteiger partial charge is 0.395 e. The van der Waals surface area contributed by atoms with Gasteiger partial charge in [0.2, 0.25) is 0 Å². The van der Waals surface area contributed by atoms with Crippen molar-refractivity contribution in [1.29, 1.82) is 0 Å². The number of nitrogens with zero attached hydrogens (tertiary/aromatic N) is 7. The van der Waals surface area contributed by atoms with Crippen LogP contribution < -0.4 is 0 Å². The van der Waals surface area contributed by atoms with E-state index in [9.17, 15) is 5.11 Å². The number of aliphatic hydroxyl groups is 1. The molecule has 1 aliphatic heterocycles. The molecule has 0 aromatic carbocycles. The van der Waals surface area contributed by atoms with Crippen LogP contribution in [0.3, 0.4) is 0 Å². The molecule has 2 aromatic rings. The smallest absolute Gasteiger partial charge is 0.168 e. The van der Waals surface area contributed by atoms with Crippen molar-refractivity contribution in [2.45, 2.75) is 57.8 Å². The Morgan fingerprint density at radius 1 is 1.35 bits per heavy atom. The molecule has 2 atom stereocenters. The van der Waals surface area contributed by atoms with Gasteiger partial charge in [0.25, 0.3) is 0 Å². The molecule has 1 fully saturated rings. The second kappa shape index (κ2) is 7.18. The van der Waals surface area contributed by atoms with Crippen LogP contribution in [0.5, 0.6) is 0 Å². The Kier molecular flexibility index (Phi) is 5.02. The van der Waals surface area contributed by atoms with E-state index in [1.54, 1.807) is 6.20 Å². The van der Waals surface area contributed by atoms with Crippen molar-refractivity contribution in [3.05, 3.63) is 24.0 Å². The van der Waals surface area contributed by atoms with Crippen molar-refractivity contribution in [3.8, 4) is 0 Å². The molecular formula is C15H25N7O. The van der Waals surface area contributed by atoms with Crippen molar-refractivity contribution in [2.24, 2.45) is 7.05 Å². The maximum atomic E-state index is 9.73. The van der Waals surface area contributed by atoms with Crippen LogP contribution in [0, 0.1) is 0 Å². The number of unbranched alkanes of at least 4 members (excludes halogenated alkanes) is 1. The van der Waals surface area contributed by atoms with Crippen LogP contribution in [0.2, 0.25) is 0 Å². The zero-order chi connectivity index (χ0) is 16.2. The zero-order valence-corrected chi connectivity index (χ0v) is 13.8. The highest BCUT2D eigenvalue weighted by atomic mass is 16.3. The summed E-state index contributed by atoms with van der Waals surface area (Å²) >= 11 is 0. The van der Waals surface area contributed by atoms with Gasteiger partial charge in [0, 0.05) is 32.0 Å². The monoisotopic (exact) mass is 319 g/mol. The zero-order valence-electron chi connectivity index (χ0n) is 13.8. The number of hydrogen-bond acceptors (Lipinski definition) is 6. The fourth-order valence-corrected chi connectivity index (χ4v) is 3.28. The molecule has 1 aliphatic rings. The maximum absolute atomic E-state index is 9.73. The highest BCUT2D eigenvalue weighted by Gasteiger charge is 2.37. The molecule has 0 spiro atoms. The number of hydrogen-bond donors (Lipinski definition) is 1. The molecule has 8 nitrogen and oxygen atoms in total. The fraction of sp³-hybridized carbons (Fsp3) is 0.733. The molecule has 1 N–H and O–H groups in total. The first kappa shape index (κ1) is 16.1. The van der Waals surface area contributed by atoms with Gasteiger partial charge in [-0.05, 0) is 29.7 Å². The number of likely N-dealkylation sites (tertiary alicyclic amines) is 1. The minimum absolute atomic E-state index is 0.132. The lowest BCUT2D eigenvalue weighted by molar-refractivity contribution is 0.113. The molecule has 1 saturated heterocycles. The van der Waals surface area contributed by atoms with Gasteiger partial charge in [0.1, 0.15) is 5.82 Å². The highest BCUT2D eigenvalue weighted by Crippen LogP contribution is 2.35. The van der Waals surface area contributed by atoms with Gasteiger partial charge in [0.15, 0.2) is 5.82 Å². The van der Waals surface area contributed by atoms with E-state index < -0.39 is 0 Å². The van der Waals surface area contributed by atoms with E-state index in [0.717, 1.165) is 43.9 Å². The highest BCUT2D eigenvalue weighted by molar-refractivity contribution is 5.03. The summed E-state index contributed by atoms with van der Waals surface area (Å²) in [6.45, 7) is 3.85. The normalized spacial score (nSPS) is 22.0. The van der Waals surface area contributed by atoms with Gasteiger partial charge in [-0.2, -0.15) is 0 Å². The third-order valence-electron chi connectivity index (χ3n) is 4.68. The van der Waals surface area contributed by atoms with E-state index in [2.05, 4.69) is 32.3 Å². The summed E-state index contributed by atoms with van der Waals surface area (Å²) in [6.07, 6.45) is 7.83. The molecule has 0 saturated carbocycles. The second-order valence-electron chi connectivity index (χ2n) is 6.17. The Bertz CT molecular complexity index is 623. The first-order valence-electron chi connectivity index (χ1n) is 8.33. The lowest BCUT2D eigenvalue weighted by Crippen LogP contribution is -2.35. The summed E-state index contributed by atoms with van der Waals surface area (Å²) < 4.78 is 3.93. The van der Waals surface area contributed by atoms with E-state index in [1.165, 1.54) is 0 Å². The van der Waals surface area contributed by atoms with Crippen LogP contribution in [-0.4, -0.2) is 52.4 Å².